The number of para-hydroxylation sites is 2. The molecular formula is C17H21BrN2O. The van der Waals surface area contributed by atoms with Crippen molar-refractivity contribution < 1.29 is 4.79 Å². The van der Waals surface area contributed by atoms with Crippen LogP contribution in [0.5, 0.6) is 0 Å². The standard InChI is InChI=1S/C15H15BrN2O.C2H6/c1-3-10(9-11(16)4-2)14-15(19)18-13-8-6-5-7-12(13)17-14;1-2/h3-9,14,17H,2H2,1H3,(H,18,19);1-2H3/b10-3+,11-9+;. The van der Waals surface area contributed by atoms with Gasteiger partial charge < -0.3 is 10.6 Å². The van der Waals surface area contributed by atoms with Gasteiger partial charge in [-0.2, -0.15) is 0 Å². The van der Waals surface area contributed by atoms with Gasteiger partial charge in [-0.1, -0.05) is 60.6 Å². The number of amides is 1. The van der Waals surface area contributed by atoms with Crippen LogP contribution in [0.15, 0.2) is 59.1 Å². The number of hydrogen-bond donors (Lipinski definition) is 2. The number of anilines is 2. The van der Waals surface area contributed by atoms with E-state index in [0.717, 1.165) is 21.4 Å². The molecule has 1 unspecified atom stereocenters. The highest BCUT2D eigenvalue weighted by atomic mass is 79.9. The molecule has 4 heteroatoms. The second-order valence-electron chi connectivity index (χ2n) is 4.13. The van der Waals surface area contributed by atoms with Crippen molar-refractivity contribution in [1.29, 1.82) is 0 Å². The Labute approximate surface area is 135 Å². The van der Waals surface area contributed by atoms with Crippen LogP contribution in [0.4, 0.5) is 11.4 Å². The van der Waals surface area contributed by atoms with Gasteiger partial charge >= 0.3 is 0 Å². The molecule has 112 valence electrons. The number of benzene rings is 1. The quantitative estimate of drug-likeness (QED) is 0.766. The van der Waals surface area contributed by atoms with Crippen LogP contribution in [0.1, 0.15) is 20.8 Å². The summed E-state index contributed by atoms with van der Waals surface area (Å²) >= 11 is 3.38. The summed E-state index contributed by atoms with van der Waals surface area (Å²) in [6.45, 7) is 9.59. The van der Waals surface area contributed by atoms with E-state index in [1.54, 1.807) is 6.08 Å². The third kappa shape index (κ3) is 4.33. The minimum atomic E-state index is -0.396. The molecule has 2 rings (SSSR count). The lowest BCUT2D eigenvalue weighted by molar-refractivity contribution is -0.116. The van der Waals surface area contributed by atoms with Gasteiger partial charge in [0.1, 0.15) is 6.04 Å². The van der Waals surface area contributed by atoms with Gasteiger partial charge in [-0.05, 0) is 30.7 Å². The van der Waals surface area contributed by atoms with Crippen molar-refractivity contribution in [2.75, 3.05) is 10.6 Å². The smallest absolute Gasteiger partial charge is 0.251 e. The average Bonchev–Trinajstić information content (AvgIpc) is 2.53. The maximum Gasteiger partial charge on any atom is 0.251 e. The molecule has 0 bridgehead atoms. The third-order valence-corrected chi connectivity index (χ3v) is 3.47. The van der Waals surface area contributed by atoms with Crippen LogP contribution < -0.4 is 10.6 Å². The first-order chi connectivity index (χ1) is 10.2. The van der Waals surface area contributed by atoms with Crippen LogP contribution >= 0.6 is 15.9 Å². The molecule has 3 nitrogen and oxygen atoms in total. The Kier molecular flexibility index (Phi) is 6.96. The van der Waals surface area contributed by atoms with E-state index < -0.39 is 6.04 Å². The molecule has 0 saturated carbocycles. The Bertz CT molecular complexity index is 576. The second-order valence-corrected chi connectivity index (χ2v) is 5.05. The van der Waals surface area contributed by atoms with Crippen LogP contribution in [0.3, 0.4) is 0 Å². The first-order valence-electron chi connectivity index (χ1n) is 6.98. The van der Waals surface area contributed by atoms with E-state index in [9.17, 15) is 4.79 Å². The predicted molar refractivity (Wildman–Crippen MR) is 94.8 cm³/mol. The lowest BCUT2D eigenvalue weighted by Crippen LogP contribution is -2.39. The highest BCUT2D eigenvalue weighted by Gasteiger charge is 2.26. The van der Waals surface area contributed by atoms with Crippen molar-refractivity contribution in [2.24, 2.45) is 0 Å². The summed E-state index contributed by atoms with van der Waals surface area (Å²) in [6, 6.07) is 7.26. The van der Waals surface area contributed by atoms with Crippen molar-refractivity contribution in [3.63, 3.8) is 0 Å². The number of rotatable bonds is 3. The summed E-state index contributed by atoms with van der Waals surface area (Å²) in [6.07, 6.45) is 5.49. The zero-order chi connectivity index (χ0) is 15.8. The fourth-order valence-corrected chi connectivity index (χ4v) is 2.19. The highest BCUT2D eigenvalue weighted by molar-refractivity contribution is 9.11. The molecule has 0 spiro atoms. The molecular weight excluding hydrogens is 328 g/mol. The molecule has 1 aromatic carbocycles. The molecule has 1 aliphatic rings. The molecule has 21 heavy (non-hydrogen) atoms. The van der Waals surface area contributed by atoms with E-state index in [1.807, 2.05) is 57.2 Å². The number of allylic oxidation sites excluding steroid dienone is 3. The Morgan fingerprint density at radius 1 is 1.29 bits per heavy atom. The molecule has 1 aliphatic heterocycles. The summed E-state index contributed by atoms with van der Waals surface area (Å²) in [4.78, 5) is 12.1. The lowest BCUT2D eigenvalue weighted by Gasteiger charge is -2.27. The van der Waals surface area contributed by atoms with E-state index in [0.29, 0.717) is 0 Å². The molecule has 1 amide bonds. The van der Waals surface area contributed by atoms with Gasteiger partial charge in [-0.3, -0.25) is 4.79 Å². The molecule has 0 fully saturated rings. The molecule has 2 N–H and O–H groups in total. The molecule has 0 aliphatic carbocycles. The Hall–Kier alpha value is -1.81. The van der Waals surface area contributed by atoms with Gasteiger partial charge in [0.05, 0.1) is 11.4 Å². The van der Waals surface area contributed by atoms with Gasteiger partial charge in [-0.25, -0.2) is 0 Å². The Morgan fingerprint density at radius 2 is 1.90 bits per heavy atom. The molecule has 0 radical (unpaired) electrons. The molecule has 1 aromatic rings. The Morgan fingerprint density at radius 3 is 2.48 bits per heavy atom. The van der Waals surface area contributed by atoms with Gasteiger partial charge in [0.2, 0.25) is 0 Å². The predicted octanol–water partition coefficient (Wildman–Crippen LogP) is 4.86. The minimum Gasteiger partial charge on any atom is -0.368 e. The van der Waals surface area contributed by atoms with Crippen LogP contribution in [0, 0.1) is 0 Å². The first kappa shape index (κ1) is 17.2. The maximum atomic E-state index is 12.1. The van der Waals surface area contributed by atoms with Gasteiger partial charge in [0, 0.05) is 4.48 Å². The fourth-order valence-electron chi connectivity index (χ4n) is 1.93. The molecule has 0 saturated heterocycles. The van der Waals surface area contributed by atoms with Gasteiger partial charge in [0.15, 0.2) is 0 Å². The number of carbonyl (C=O) groups is 1. The maximum absolute atomic E-state index is 12.1. The van der Waals surface area contributed by atoms with Gasteiger partial charge in [0.25, 0.3) is 5.91 Å². The minimum absolute atomic E-state index is 0.0626. The monoisotopic (exact) mass is 348 g/mol. The van der Waals surface area contributed by atoms with E-state index in [1.165, 1.54) is 0 Å². The SMILES string of the molecule is C=C/C(Br)=C\C(=C/C)C1Nc2ccccc2NC1=O.CC. The zero-order valence-electron chi connectivity index (χ0n) is 12.6. The molecule has 0 aromatic heterocycles. The number of carbonyl (C=O) groups excluding carboxylic acids is 1. The van der Waals surface area contributed by atoms with Crippen molar-refractivity contribution in [1.82, 2.24) is 0 Å². The Balaban J connectivity index is 0.00000106. The largest absolute Gasteiger partial charge is 0.368 e. The lowest BCUT2D eigenvalue weighted by atomic mass is 10.0. The number of hydrogen-bond acceptors (Lipinski definition) is 2. The van der Waals surface area contributed by atoms with E-state index >= 15 is 0 Å². The number of halogens is 1. The average molecular weight is 349 g/mol. The third-order valence-electron chi connectivity index (χ3n) is 2.91. The van der Waals surface area contributed by atoms with E-state index in [2.05, 4.69) is 33.1 Å². The summed E-state index contributed by atoms with van der Waals surface area (Å²) < 4.78 is 0.842. The summed E-state index contributed by atoms with van der Waals surface area (Å²) in [5, 5.41) is 6.15. The second kappa shape index (κ2) is 8.47. The van der Waals surface area contributed by atoms with Crippen molar-refractivity contribution in [3.8, 4) is 0 Å². The molecule has 1 atom stereocenters. The molecule has 1 heterocycles. The fraction of sp³-hybridized carbons (Fsp3) is 0.235. The zero-order valence-corrected chi connectivity index (χ0v) is 14.2. The van der Waals surface area contributed by atoms with Crippen molar-refractivity contribution >= 4 is 33.2 Å². The number of nitrogens with one attached hydrogen (secondary N) is 2. The van der Waals surface area contributed by atoms with Crippen molar-refractivity contribution in [3.05, 3.63) is 59.1 Å². The van der Waals surface area contributed by atoms with Crippen LogP contribution in [-0.4, -0.2) is 11.9 Å². The summed E-state index contributed by atoms with van der Waals surface area (Å²) in [5.41, 5.74) is 2.62. The van der Waals surface area contributed by atoms with Crippen LogP contribution in [-0.2, 0) is 4.79 Å². The van der Waals surface area contributed by atoms with Crippen LogP contribution in [0.25, 0.3) is 0 Å². The highest BCUT2D eigenvalue weighted by Crippen LogP contribution is 2.28. The normalized spacial score (nSPS) is 17.7. The van der Waals surface area contributed by atoms with Gasteiger partial charge in [-0.15, -0.1) is 0 Å². The van der Waals surface area contributed by atoms with Crippen molar-refractivity contribution in [2.45, 2.75) is 26.8 Å². The topological polar surface area (TPSA) is 41.1 Å². The first-order valence-corrected chi connectivity index (χ1v) is 7.77. The summed E-state index contributed by atoms with van der Waals surface area (Å²) in [7, 11) is 0. The van der Waals surface area contributed by atoms with E-state index in [4.69, 9.17) is 0 Å². The summed E-state index contributed by atoms with van der Waals surface area (Å²) in [5.74, 6) is -0.0626. The van der Waals surface area contributed by atoms with Crippen LogP contribution in [0.2, 0.25) is 0 Å². The van der Waals surface area contributed by atoms with E-state index in [-0.39, 0.29) is 5.91 Å². The number of fused-ring (bicyclic) bond motifs is 1.